The van der Waals surface area contributed by atoms with Crippen LogP contribution in [0.4, 0.5) is 0 Å². The summed E-state index contributed by atoms with van der Waals surface area (Å²) in [6.07, 6.45) is 3.19. The molecular weight excluding hydrogens is 368 g/mol. The Morgan fingerprint density at radius 2 is 2.04 bits per heavy atom. The van der Waals surface area contributed by atoms with Crippen LogP contribution in [0.2, 0.25) is 0 Å². The number of carbonyl (C=O) groups is 2. The molecule has 3 N–H and O–H groups in total. The van der Waals surface area contributed by atoms with Crippen LogP contribution in [-0.4, -0.2) is 57.9 Å². The first-order valence-electron chi connectivity index (χ1n) is 8.85. The number of aryl methyl sites for hydroxylation is 1. The van der Waals surface area contributed by atoms with Crippen LogP contribution in [0.15, 0.2) is 30.5 Å². The van der Waals surface area contributed by atoms with Gasteiger partial charge in [-0.15, -0.1) is 17.5 Å². The number of benzene rings is 1. The van der Waals surface area contributed by atoms with Gasteiger partial charge in [0.05, 0.1) is 17.8 Å². The third kappa shape index (κ3) is 5.05. The van der Waals surface area contributed by atoms with Crippen molar-refractivity contribution in [2.75, 3.05) is 26.2 Å². The van der Waals surface area contributed by atoms with Gasteiger partial charge in [0.25, 0.3) is 5.91 Å². The maximum Gasteiger partial charge on any atom is 0.276 e. The van der Waals surface area contributed by atoms with Gasteiger partial charge in [-0.3, -0.25) is 9.59 Å². The standard InChI is InChI=1S/C18H24N6O2.ClH/c1-13-4-6-15(7-5-13)24-12-16(21-22-24)18(26)23-10-2-3-14(11-23)17(25)20-9-8-19;/h4-7,12,14H,2-3,8-11,19H2,1H3,(H,20,25);1H. The first-order valence-corrected chi connectivity index (χ1v) is 8.85. The van der Waals surface area contributed by atoms with E-state index in [2.05, 4.69) is 15.6 Å². The highest BCUT2D eigenvalue weighted by molar-refractivity contribution is 5.92. The number of nitrogens with one attached hydrogen (secondary N) is 1. The summed E-state index contributed by atoms with van der Waals surface area (Å²) in [6, 6.07) is 7.81. The molecule has 2 amide bonds. The van der Waals surface area contributed by atoms with E-state index in [4.69, 9.17) is 5.73 Å². The van der Waals surface area contributed by atoms with Crippen molar-refractivity contribution in [1.82, 2.24) is 25.2 Å². The Morgan fingerprint density at radius 1 is 1.30 bits per heavy atom. The minimum Gasteiger partial charge on any atom is -0.355 e. The Balaban J connectivity index is 0.00000261. The van der Waals surface area contributed by atoms with E-state index in [1.807, 2.05) is 31.2 Å². The summed E-state index contributed by atoms with van der Waals surface area (Å²) in [7, 11) is 0. The molecular formula is C18H25ClN6O2. The van der Waals surface area contributed by atoms with E-state index >= 15 is 0 Å². The third-order valence-corrected chi connectivity index (χ3v) is 4.53. The third-order valence-electron chi connectivity index (χ3n) is 4.53. The van der Waals surface area contributed by atoms with Crippen LogP contribution in [0.25, 0.3) is 5.69 Å². The molecule has 2 aromatic rings. The maximum atomic E-state index is 12.7. The van der Waals surface area contributed by atoms with E-state index in [9.17, 15) is 9.59 Å². The Labute approximate surface area is 164 Å². The van der Waals surface area contributed by atoms with Crippen molar-refractivity contribution in [3.63, 3.8) is 0 Å². The summed E-state index contributed by atoms with van der Waals surface area (Å²) >= 11 is 0. The number of amides is 2. The van der Waals surface area contributed by atoms with Gasteiger partial charge in [0.1, 0.15) is 0 Å². The number of hydrogen-bond donors (Lipinski definition) is 2. The van der Waals surface area contributed by atoms with E-state index in [0.717, 1.165) is 24.1 Å². The Hall–Kier alpha value is -2.45. The number of hydrogen-bond acceptors (Lipinski definition) is 5. The highest BCUT2D eigenvalue weighted by Crippen LogP contribution is 2.18. The van der Waals surface area contributed by atoms with Gasteiger partial charge in [-0.1, -0.05) is 22.9 Å². The molecule has 9 heteroatoms. The second-order valence-electron chi connectivity index (χ2n) is 6.55. The van der Waals surface area contributed by atoms with Crippen molar-refractivity contribution in [2.45, 2.75) is 19.8 Å². The largest absolute Gasteiger partial charge is 0.355 e. The van der Waals surface area contributed by atoms with Gasteiger partial charge in [-0.2, -0.15) is 0 Å². The summed E-state index contributed by atoms with van der Waals surface area (Å²) < 4.78 is 1.59. The van der Waals surface area contributed by atoms with E-state index in [1.54, 1.807) is 15.8 Å². The fourth-order valence-corrected chi connectivity index (χ4v) is 3.06. The lowest BCUT2D eigenvalue weighted by Gasteiger charge is -2.31. The molecule has 3 rings (SSSR count). The Kier molecular flexibility index (Phi) is 7.32. The Bertz CT molecular complexity index is 776. The summed E-state index contributed by atoms with van der Waals surface area (Å²) in [4.78, 5) is 26.6. The summed E-state index contributed by atoms with van der Waals surface area (Å²) in [5, 5.41) is 10.9. The van der Waals surface area contributed by atoms with Crippen molar-refractivity contribution in [3.05, 3.63) is 41.7 Å². The number of piperidine rings is 1. The normalized spacial score (nSPS) is 16.5. The van der Waals surface area contributed by atoms with Crippen LogP contribution < -0.4 is 11.1 Å². The topological polar surface area (TPSA) is 106 Å². The number of nitrogens with two attached hydrogens (primary N) is 1. The molecule has 1 aliphatic heterocycles. The molecule has 1 atom stereocenters. The van der Waals surface area contributed by atoms with E-state index in [1.165, 1.54) is 0 Å². The number of nitrogens with zero attached hydrogens (tertiary/aromatic N) is 4. The van der Waals surface area contributed by atoms with Gasteiger partial charge in [0, 0.05) is 26.2 Å². The molecule has 1 aromatic carbocycles. The first-order chi connectivity index (χ1) is 12.6. The summed E-state index contributed by atoms with van der Waals surface area (Å²) in [5.41, 5.74) is 7.70. The molecule has 0 radical (unpaired) electrons. The molecule has 0 bridgehead atoms. The average Bonchev–Trinajstić information content (AvgIpc) is 3.16. The van der Waals surface area contributed by atoms with Crippen molar-refractivity contribution >= 4 is 24.2 Å². The van der Waals surface area contributed by atoms with E-state index in [-0.39, 0.29) is 35.8 Å². The minimum atomic E-state index is -0.202. The zero-order valence-corrected chi connectivity index (χ0v) is 16.1. The van der Waals surface area contributed by atoms with Gasteiger partial charge in [0.15, 0.2) is 5.69 Å². The van der Waals surface area contributed by atoms with Crippen molar-refractivity contribution < 1.29 is 9.59 Å². The van der Waals surface area contributed by atoms with Gasteiger partial charge in [0.2, 0.25) is 5.91 Å². The lowest BCUT2D eigenvalue weighted by atomic mass is 9.97. The zero-order valence-electron chi connectivity index (χ0n) is 15.3. The predicted octanol–water partition coefficient (Wildman–Crippen LogP) is 0.925. The zero-order chi connectivity index (χ0) is 18.5. The maximum absolute atomic E-state index is 12.7. The fourth-order valence-electron chi connectivity index (χ4n) is 3.06. The van der Waals surface area contributed by atoms with Crippen molar-refractivity contribution in [1.29, 1.82) is 0 Å². The lowest BCUT2D eigenvalue weighted by molar-refractivity contribution is -0.126. The van der Waals surface area contributed by atoms with Gasteiger partial charge in [-0.05, 0) is 31.9 Å². The molecule has 0 spiro atoms. The van der Waals surface area contributed by atoms with Crippen LogP contribution in [0.3, 0.4) is 0 Å². The van der Waals surface area contributed by atoms with Crippen molar-refractivity contribution in [3.8, 4) is 5.69 Å². The molecule has 146 valence electrons. The molecule has 1 aromatic heterocycles. The lowest BCUT2D eigenvalue weighted by Crippen LogP contribution is -2.46. The van der Waals surface area contributed by atoms with Crippen LogP contribution in [0, 0.1) is 12.8 Å². The van der Waals surface area contributed by atoms with Crippen LogP contribution in [0.5, 0.6) is 0 Å². The predicted molar refractivity (Wildman–Crippen MR) is 104 cm³/mol. The number of halogens is 1. The second-order valence-corrected chi connectivity index (χ2v) is 6.55. The molecule has 1 unspecified atom stereocenters. The van der Waals surface area contributed by atoms with Gasteiger partial charge in [-0.25, -0.2) is 4.68 Å². The summed E-state index contributed by atoms with van der Waals surface area (Å²) in [6.45, 7) is 3.89. The number of aromatic nitrogens is 3. The number of rotatable bonds is 5. The molecule has 1 saturated heterocycles. The highest BCUT2D eigenvalue weighted by Gasteiger charge is 2.29. The molecule has 2 heterocycles. The molecule has 1 aliphatic rings. The molecule has 0 aliphatic carbocycles. The van der Waals surface area contributed by atoms with Crippen molar-refractivity contribution in [2.24, 2.45) is 11.7 Å². The van der Waals surface area contributed by atoms with Crippen LogP contribution >= 0.6 is 12.4 Å². The summed E-state index contributed by atoms with van der Waals surface area (Å²) in [5.74, 6) is -0.442. The quantitative estimate of drug-likeness (QED) is 0.787. The SMILES string of the molecule is Cc1ccc(-n2cc(C(=O)N3CCCC(C(=O)NCCN)C3)nn2)cc1.Cl. The van der Waals surface area contributed by atoms with Crippen LogP contribution in [-0.2, 0) is 4.79 Å². The fraction of sp³-hybridized carbons (Fsp3) is 0.444. The minimum absolute atomic E-state index is 0. The van der Waals surface area contributed by atoms with Gasteiger partial charge >= 0.3 is 0 Å². The number of carbonyl (C=O) groups excluding carboxylic acids is 2. The molecule has 0 saturated carbocycles. The van der Waals surface area contributed by atoms with E-state index < -0.39 is 0 Å². The second kappa shape index (κ2) is 9.48. The van der Waals surface area contributed by atoms with Crippen LogP contribution in [0.1, 0.15) is 28.9 Å². The molecule has 8 nitrogen and oxygen atoms in total. The Morgan fingerprint density at radius 3 is 2.74 bits per heavy atom. The van der Waals surface area contributed by atoms with E-state index in [0.29, 0.717) is 26.2 Å². The highest BCUT2D eigenvalue weighted by atomic mass is 35.5. The molecule has 1 fully saturated rings. The molecule has 27 heavy (non-hydrogen) atoms. The average molecular weight is 393 g/mol. The smallest absolute Gasteiger partial charge is 0.276 e. The monoisotopic (exact) mass is 392 g/mol. The van der Waals surface area contributed by atoms with Gasteiger partial charge < -0.3 is 16.0 Å². The number of likely N-dealkylation sites (tertiary alicyclic amines) is 1. The first kappa shape index (κ1) is 20.9.